The zero-order valence-corrected chi connectivity index (χ0v) is 28.7. The molecule has 27 heteroatoms. The van der Waals surface area contributed by atoms with Crippen molar-refractivity contribution in [2.24, 2.45) is 17.9 Å². The maximum Gasteiger partial charge on any atom is 0.430 e. The number of hydrogen-bond donors (Lipinski definition) is 8. The van der Waals surface area contributed by atoms with Crippen LogP contribution < -0.4 is 42.9 Å². The Labute approximate surface area is 297 Å². The second-order valence-corrected chi connectivity index (χ2v) is 12.8. The maximum absolute atomic E-state index is 13.3. The number of carboxylic acid groups (broad SMARTS) is 3. The summed E-state index contributed by atoms with van der Waals surface area (Å²) in [5.74, 6) is -7.29. The van der Waals surface area contributed by atoms with Crippen molar-refractivity contribution in [3.05, 3.63) is 23.3 Å². The number of thioether (sulfide) groups is 1. The number of nitrogen functional groups attached to an aromatic ring is 2. The number of aliphatic carboxylic acids is 3. The van der Waals surface area contributed by atoms with Crippen LogP contribution in [-0.2, 0) is 42.4 Å². The molecule has 0 bridgehead atoms. The van der Waals surface area contributed by atoms with Crippen LogP contribution >= 0.6 is 23.3 Å². The van der Waals surface area contributed by atoms with E-state index in [0.29, 0.717) is 5.57 Å². The Morgan fingerprint density at radius 3 is 2.37 bits per heavy atom. The van der Waals surface area contributed by atoms with Gasteiger partial charge >= 0.3 is 24.1 Å². The fourth-order valence-corrected chi connectivity index (χ4v) is 5.91. The number of β-lactam (4-membered cyclic amide) rings is 1. The van der Waals surface area contributed by atoms with Crippen molar-refractivity contribution in [1.29, 1.82) is 0 Å². The second kappa shape index (κ2) is 16.1. The van der Waals surface area contributed by atoms with Crippen LogP contribution in [0.1, 0.15) is 19.7 Å². The summed E-state index contributed by atoms with van der Waals surface area (Å²) < 4.78 is 38.6. The normalized spacial score (nSPS) is 17.2. The molecular weight excluding hydrogens is 749 g/mol. The third-order valence-electron chi connectivity index (χ3n) is 6.84. The number of anilines is 3. The summed E-state index contributed by atoms with van der Waals surface area (Å²) in [5.41, 5.74) is 15.2. The lowest BCUT2D eigenvalue weighted by molar-refractivity contribution is -0.765. The van der Waals surface area contributed by atoms with Crippen molar-refractivity contribution in [2.75, 3.05) is 35.6 Å². The number of aromatic nitrogens is 4. The molecule has 0 radical (unpaired) electrons. The van der Waals surface area contributed by atoms with Crippen LogP contribution in [0.25, 0.3) is 0 Å². The highest BCUT2D eigenvalue weighted by Crippen LogP contribution is 2.40. The van der Waals surface area contributed by atoms with Crippen LogP contribution in [-0.4, -0.2) is 113 Å². The number of rotatable bonds is 12. The van der Waals surface area contributed by atoms with Crippen LogP contribution in [0.4, 0.5) is 34.6 Å². The number of alkyl halides is 3. The van der Waals surface area contributed by atoms with Gasteiger partial charge in [-0.25, -0.2) is 14.4 Å². The fraction of sp³-hybridized carbons (Fsp3) is 0.440. The molecule has 2 aromatic rings. The van der Waals surface area contributed by atoms with Gasteiger partial charge in [0, 0.05) is 35.9 Å². The third-order valence-corrected chi connectivity index (χ3v) is 8.72. The number of nitrogens with zero attached hydrogens (tertiary/aromatic N) is 6. The van der Waals surface area contributed by atoms with E-state index in [4.69, 9.17) is 31.9 Å². The molecule has 1 saturated heterocycles. The summed E-state index contributed by atoms with van der Waals surface area (Å²) in [5, 5.41) is 38.7. The Balaban J connectivity index is 0.000000944. The summed E-state index contributed by atoms with van der Waals surface area (Å²) >= 11 is 1.96. The van der Waals surface area contributed by atoms with Crippen LogP contribution in [0.3, 0.4) is 0 Å². The number of fused-ring (bicyclic) bond motifs is 1. The quantitative estimate of drug-likeness (QED) is 0.0453. The molecule has 0 aliphatic carbocycles. The molecule has 284 valence electrons. The third kappa shape index (κ3) is 9.34. The number of oxime groups is 1. The van der Waals surface area contributed by atoms with E-state index < -0.39 is 64.7 Å². The fourth-order valence-electron chi connectivity index (χ4n) is 4.14. The van der Waals surface area contributed by atoms with Gasteiger partial charge < -0.3 is 52.8 Å². The van der Waals surface area contributed by atoms with E-state index in [1.807, 2.05) is 0 Å². The molecule has 0 spiro atoms. The highest BCUT2D eigenvalue weighted by molar-refractivity contribution is 8.00. The Hall–Kier alpha value is -5.70. The molecule has 11 N–H and O–H groups in total. The van der Waals surface area contributed by atoms with Crippen molar-refractivity contribution in [2.45, 2.75) is 43.6 Å². The summed E-state index contributed by atoms with van der Waals surface area (Å²) in [6.07, 6.45) is -3.67. The first-order valence-electron chi connectivity index (χ1n) is 14.3. The summed E-state index contributed by atoms with van der Waals surface area (Å²) in [4.78, 5) is 81.2. The van der Waals surface area contributed by atoms with Crippen molar-refractivity contribution >= 4 is 81.4 Å². The molecule has 0 aromatic carbocycles. The number of nitrogens with one attached hydrogen (secondary N) is 3. The van der Waals surface area contributed by atoms with Gasteiger partial charge in [-0.15, -0.1) is 21.1 Å². The lowest BCUT2D eigenvalue weighted by atomic mass is 10.0. The van der Waals surface area contributed by atoms with Crippen LogP contribution in [0, 0.1) is 0 Å². The van der Waals surface area contributed by atoms with Crippen LogP contribution in [0.2, 0.25) is 0 Å². The zero-order valence-electron chi connectivity index (χ0n) is 27.1. The van der Waals surface area contributed by atoms with Gasteiger partial charge in [-0.2, -0.15) is 22.5 Å². The Morgan fingerprint density at radius 1 is 1.21 bits per heavy atom. The lowest BCUT2D eigenvalue weighted by Crippen LogP contribution is -2.71. The molecule has 22 nitrogen and oxygen atoms in total. The van der Waals surface area contributed by atoms with Gasteiger partial charge in [0.25, 0.3) is 11.8 Å². The zero-order chi connectivity index (χ0) is 39.3. The highest BCUT2D eigenvalue weighted by atomic mass is 32.2. The first-order chi connectivity index (χ1) is 24.1. The average molecular weight is 781 g/mol. The average Bonchev–Trinajstić information content (AvgIpc) is 3.59. The molecule has 4 rings (SSSR count). The first kappa shape index (κ1) is 40.7. The summed E-state index contributed by atoms with van der Waals surface area (Å²) in [6.45, 7) is 2.92. The van der Waals surface area contributed by atoms with Crippen LogP contribution in [0.15, 0.2) is 22.6 Å². The number of urea groups is 1. The Bertz CT molecular complexity index is 1830. The standard InChI is InChI=1S/C23H30N12O8S2.C2HF3O2/c1-23(2,20(40)41)43-31-11(15-30-21(26)45-32-15)16(36)29-12-17(37)35-13(19(38)39)9(8-44-18(12)35)6-34-7-10(14(25)33(34)3)28-22(42)27-5-4-24;3-2(4,5)1(6)7/h7,12,18,25H,4-6,8,24H2,1-3H3,(H7,26,27,28,29,30,32,36,38,39,40,41,42);(H,6,7)/b31-11+;/t12-,18-;/m1./s1. The van der Waals surface area contributed by atoms with Crippen molar-refractivity contribution in [1.82, 2.24) is 29.6 Å². The molecular formula is C25H31F3N12O10S2. The Kier molecular flexibility index (Phi) is 12.6. The minimum absolute atomic E-state index is 0.00361. The largest absolute Gasteiger partial charge is 0.542 e. The van der Waals surface area contributed by atoms with E-state index >= 15 is 0 Å². The van der Waals surface area contributed by atoms with Gasteiger partial charge in [0.2, 0.25) is 23.3 Å². The van der Waals surface area contributed by atoms with Gasteiger partial charge in [-0.1, -0.05) is 5.16 Å². The predicted octanol–water partition coefficient (Wildman–Crippen LogP) is -3.27. The second-order valence-electron chi connectivity index (χ2n) is 10.9. The maximum atomic E-state index is 13.3. The number of halogens is 3. The minimum Gasteiger partial charge on any atom is -0.542 e. The van der Waals surface area contributed by atoms with Gasteiger partial charge in [-0.05, 0) is 13.8 Å². The molecule has 0 unspecified atom stereocenters. The molecule has 2 aromatic heterocycles. The topological polar surface area (TPSA) is 340 Å². The number of carbonyl (C=O) groups is 6. The van der Waals surface area contributed by atoms with E-state index in [1.54, 1.807) is 11.7 Å². The number of amides is 4. The van der Waals surface area contributed by atoms with E-state index in [1.165, 1.54) is 36.5 Å². The molecule has 2 aliphatic rings. The molecule has 4 heterocycles. The number of carbonyl (C=O) groups excluding carboxylic acids is 4. The molecule has 2 aliphatic heterocycles. The van der Waals surface area contributed by atoms with E-state index in [0.717, 1.165) is 16.4 Å². The van der Waals surface area contributed by atoms with Crippen molar-refractivity contribution < 1.29 is 66.8 Å². The predicted molar refractivity (Wildman–Crippen MR) is 171 cm³/mol. The van der Waals surface area contributed by atoms with Crippen LogP contribution in [0.5, 0.6) is 0 Å². The Morgan fingerprint density at radius 2 is 1.85 bits per heavy atom. The highest BCUT2D eigenvalue weighted by Gasteiger charge is 2.55. The van der Waals surface area contributed by atoms with E-state index in [9.17, 15) is 47.4 Å². The minimum atomic E-state index is -5.19. The van der Waals surface area contributed by atoms with Crippen molar-refractivity contribution in [3.8, 4) is 0 Å². The summed E-state index contributed by atoms with van der Waals surface area (Å²) in [6, 6.07) is -1.68. The van der Waals surface area contributed by atoms with Gasteiger partial charge in [0.15, 0.2) is 23.2 Å². The van der Waals surface area contributed by atoms with E-state index in [-0.39, 0.29) is 53.5 Å². The SMILES string of the molecule is Cn1c(N)c(NC(=O)NCCN)c[n+]1CC1=C(C(=O)O)N2C(=O)[C@@H](NC(=O)/C(=N/OC(C)(C)C(=O)O)c3nsc(N)n3)[C@H]2SC1.O=C([O-])C(F)(F)F. The molecule has 0 saturated carbocycles. The number of nitrogens with two attached hydrogens (primary N) is 3. The number of carboxylic acids is 3. The van der Waals surface area contributed by atoms with E-state index in [2.05, 4.69) is 30.5 Å². The monoisotopic (exact) mass is 780 g/mol. The molecule has 4 amide bonds. The smallest absolute Gasteiger partial charge is 0.430 e. The number of hydrogen-bond acceptors (Lipinski definition) is 16. The van der Waals surface area contributed by atoms with Gasteiger partial charge in [0.05, 0.1) is 7.05 Å². The van der Waals surface area contributed by atoms with Gasteiger partial charge in [0.1, 0.15) is 23.1 Å². The van der Waals surface area contributed by atoms with Gasteiger partial charge in [-0.3, -0.25) is 19.8 Å². The molecule has 52 heavy (non-hydrogen) atoms. The first-order valence-corrected chi connectivity index (χ1v) is 16.1. The summed E-state index contributed by atoms with van der Waals surface area (Å²) in [7, 11) is 1.61. The van der Waals surface area contributed by atoms with Crippen molar-refractivity contribution in [3.63, 3.8) is 0 Å². The molecule has 1 fully saturated rings. The molecule has 2 atom stereocenters. The lowest BCUT2D eigenvalue weighted by Gasteiger charge is -2.49.